The molecule has 0 bridgehead atoms. The lowest BCUT2D eigenvalue weighted by Crippen LogP contribution is -2.51. The van der Waals surface area contributed by atoms with Gasteiger partial charge in [0, 0.05) is 17.0 Å². The van der Waals surface area contributed by atoms with Gasteiger partial charge in [0.15, 0.2) is 0 Å². The molecule has 0 radical (unpaired) electrons. The first kappa shape index (κ1) is 10.4. The number of ether oxygens (including phenoxy) is 1. The minimum absolute atomic E-state index is 0.111. The van der Waals surface area contributed by atoms with Crippen molar-refractivity contribution in [3.63, 3.8) is 0 Å². The van der Waals surface area contributed by atoms with Crippen molar-refractivity contribution in [2.75, 3.05) is 0 Å². The smallest absolute Gasteiger partial charge is 0.126 e. The molecule has 1 aliphatic carbocycles. The molecule has 1 aromatic rings. The van der Waals surface area contributed by atoms with Crippen LogP contribution >= 0.6 is 11.6 Å². The average Bonchev–Trinajstić information content (AvgIpc) is 2.17. The molecule has 16 heavy (non-hydrogen) atoms. The highest BCUT2D eigenvalue weighted by Gasteiger charge is 2.48. The number of aliphatic hydroxyl groups excluding tert-OH is 1. The van der Waals surface area contributed by atoms with Gasteiger partial charge in [0.1, 0.15) is 11.4 Å². The summed E-state index contributed by atoms with van der Waals surface area (Å²) in [5.41, 5.74) is 0.720. The van der Waals surface area contributed by atoms with Crippen LogP contribution in [-0.4, -0.2) is 10.7 Å². The Morgan fingerprint density at radius 3 is 2.81 bits per heavy atom. The second kappa shape index (κ2) is 3.38. The van der Waals surface area contributed by atoms with Gasteiger partial charge in [-0.1, -0.05) is 18.5 Å². The number of hydrogen-bond donors (Lipinski definition) is 1. The van der Waals surface area contributed by atoms with Gasteiger partial charge in [-0.15, -0.1) is 0 Å². The van der Waals surface area contributed by atoms with Gasteiger partial charge in [0.05, 0.1) is 6.10 Å². The monoisotopic (exact) mass is 238 g/mol. The van der Waals surface area contributed by atoms with Crippen LogP contribution in [0.4, 0.5) is 0 Å². The second-order valence-corrected chi connectivity index (χ2v) is 5.64. The number of fused-ring (bicyclic) bond motifs is 1. The molecule has 0 saturated heterocycles. The highest BCUT2D eigenvalue weighted by Crippen LogP contribution is 2.51. The molecule has 2 aliphatic rings. The number of hydrogen-bond acceptors (Lipinski definition) is 2. The van der Waals surface area contributed by atoms with Crippen molar-refractivity contribution in [1.82, 2.24) is 0 Å². The quantitative estimate of drug-likeness (QED) is 0.751. The predicted octanol–water partition coefficient (Wildman–Crippen LogP) is 3.32. The fourth-order valence-electron chi connectivity index (χ4n) is 3.07. The summed E-state index contributed by atoms with van der Waals surface area (Å²) in [5.74, 6) is 1.51. The highest BCUT2D eigenvalue weighted by atomic mass is 35.5. The van der Waals surface area contributed by atoms with E-state index in [0.29, 0.717) is 17.4 Å². The zero-order valence-electron chi connectivity index (χ0n) is 9.24. The predicted molar refractivity (Wildman–Crippen MR) is 62.8 cm³/mol. The molecule has 2 nitrogen and oxygen atoms in total. The summed E-state index contributed by atoms with van der Waals surface area (Å²) < 4.78 is 6.03. The highest BCUT2D eigenvalue weighted by molar-refractivity contribution is 6.30. The van der Waals surface area contributed by atoms with E-state index in [1.165, 1.54) is 0 Å². The fraction of sp³-hybridized carbons (Fsp3) is 0.538. The average molecular weight is 239 g/mol. The Hall–Kier alpha value is -0.730. The van der Waals surface area contributed by atoms with Gasteiger partial charge >= 0.3 is 0 Å². The summed E-state index contributed by atoms with van der Waals surface area (Å²) in [7, 11) is 0. The summed E-state index contributed by atoms with van der Waals surface area (Å²) in [6, 6.07) is 5.48. The molecule has 3 heteroatoms. The third kappa shape index (κ3) is 1.52. The van der Waals surface area contributed by atoms with Crippen molar-refractivity contribution < 1.29 is 9.84 Å². The van der Waals surface area contributed by atoms with E-state index in [9.17, 15) is 5.11 Å². The first-order valence-electron chi connectivity index (χ1n) is 5.74. The van der Waals surface area contributed by atoms with E-state index < -0.39 is 6.10 Å². The Balaban J connectivity index is 1.94. The summed E-state index contributed by atoms with van der Waals surface area (Å²) in [6.07, 6.45) is 2.36. The standard InChI is InChI=1S/C13H15ClO2/c1-8-5-13(6-8)7-11(15)10-4-9(14)2-3-12(10)16-13/h2-4,8,11,15H,5-7H2,1H3/t8?,11-,13?/m0/s1. The van der Waals surface area contributed by atoms with Crippen LogP contribution < -0.4 is 4.74 Å². The van der Waals surface area contributed by atoms with E-state index in [0.717, 1.165) is 24.2 Å². The minimum atomic E-state index is -0.435. The lowest BCUT2D eigenvalue weighted by molar-refractivity contribution is -0.0925. The molecule has 1 spiro atoms. The molecule has 86 valence electrons. The minimum Gasteiger partial charge on any atom is -0.487 e. The van der Waals surface area contributed by atoms with Gasteiger partial charge in [-0.05, 0) is 37.0 Å². The largest absolute Gasteiger partial charge is 0.487 e. The number of rotatable bonds is 0. The van der Waals surface area contributed by atoms with E-state index >= 15 is 0 Å². The molecule has 1 N–H and O–H groups in total. The Morgan fingerprint density at radius 2 is 2.12 bits per heavy atom. The molecule has 1 fully saturated rings. The van der Waals surface area contributed by atoms with Crippen molar-refractivity contribution >= 4 is 11.6 Å². The van der Waals surface area contributed by atoms with E-state index in [-0.39, 0.29) is 5.60 Å². The van der Waals surface area contributed by atoms with Crippen LogP contribution in [0.2, 0.25) is 5.02 Å². The zero-order chi connectivity index (χ0) is 11.3. The summed E-state index contributed by atoms with van der Waals surface area (Å²) in [4.78, 5) is 0. The molecular formula is C13H15ClO2. The summed E-state index contributed by atoms with van der Waals surface area (Å²) in [6.45, 7) is 2.22. The van der Waals surface area contributed by atoms with Crippen LogP contribution in [0.25, 0.3) is 0 Å². The first-order valence-corrected chi connectivity index (χ1v) is 6.12. The maximum atomic E-state index is 10.1. The van der Waals surface area contributed by atoms with Crippen molar-refractivity contribution in [3.8, 4) is 5.75 Å². The van der Waals surface area contributed by atoms with Gasteiger partial charge in [0.25, 0.3) is 0 Å². The number of aliphatic hydroxyl groups is 1. The Labute approximate surface area is 100 Å². The van der Waals surface area contributed by atoms with Gasteiger partial charge in [-0.25, -0.2) is 0 Å². The van der Waals surface area contributed by atoms with Crippen molar-refractivity contribution in [1.29, 1.82) is 0 Å². The van der Waals surface area contributed by atoms with E-state index in [2.05, 4.69) is 6.92 Å². The molecule has 3 rings (SSSR count). The Morgan fingerprint density at radius 1 is 1.38 bits per heavy atom. The zero-order valence-corrected chi connectivity index (χ0v) is 10.00. The Bertz CT molecular complexity index is 424. The van der Waals surface area contributed by atoms with Gasteiger partial charge < -0.3 is 9.84 Å². The van der Waals surface area contributed by atoms with Crippen LogP contribution in [0, 0.1) is 5.92 Å². The molecule has 1 atom stereocenters. The second-order valence-electron chi connectivity index (χ2n) is 5.20. The van der Waals surface area contributed by atoms with Crippen molar-refractivity contribution in [3.05, 3.63) is 28.8 Å². The van der Waals surface area contributed by atoms with Gasteiger partial charge in [-0.3, -0.25) is 0 Å². The molecule has 0 aromatic heterocycles. The molecule has 1 heterocycles. The molecule has 1 saturated carbocycles. The van der Waals surface area contributed by atoms with Gasteiger partial charge in [-0.2, -0.15) is 0 Å². The van der Waals surface area contributed by atoms with E-state index in [4.69, 9.17) is 16.3 Å². The number of benzene rings is 1. The van der Waals surface area contributed by atoms with E-state index in [1.807, 2.05) is 12.1 Å². The SMILES string of the molecule is CC1CC2(C1)C[C@H](O)c1cc(Cl)ccc1O2. The number of halogens is 1. The van der Waals surface area contributed by atoms with Crippen LogP contribution in [-0.2, 0) is 0 Å². The van der Waals surface area contributed by atoms with Crippen LogP contribution in [0.5, 0.6) is 5.75 Å². The van der Waals surface area contributed by atoms with Crippen LogP contribution in [0.1, 0.15) is 37.9 Å². The lowest BCUT2D eigenvalue weighted by atomic mass is 9.67. The molecule has 0 amide bonds. The topological polar surface area (TPSA) is 29.5 Å². The molecule has 1 aromatic carbocycles. The first-order chi connectivity index (χ1) is 7.58. The third-order valence-corrected chi connectivity index (χ3v) is 3.90. The molecule has 0 unspecified atom stereocenters. The van der Waals surface area contributed by atoms with Gasteiger partial charge in [0.2, 0.25) is 0 Å². The van der Waals surface area contributed by atoms with Crippen molar-refractivity contribution in [2.24, 2.45) is 5.92 Å². The summed E-state index contributed by atoms with van der Waals surface area (Å²) in [5, 5.41) is 10.8. The fourth-order valence-corrected chi connectivity index (χ4v) is 3.25. The maximum absolute atomic E-state index is 10.1. The molecular weight excluding hydrogens is 224 g/mol. The van der Waals surface area contributed by atoms with Crippen LogP contribution in [0.15, 0.2) is 18.2 Å². The normalized spacial score (nSPS) is 36.4. The Kier molecular flexibility index (Phi) is 2.20. The third-order valence-electron chi connectivity index (χ3n) is 3.66. The van der Waals surface area contributed by atoms with E-state index in [1.54, 1.807) is 6.07 Å². The van der Waals surface area contributed by atoms with Crippen molar-refractivity contribution in [2.45, 2.75) is 37.9 Å². The summed E-state index contributed by atoms with van der Waals surface area (Å²) >= 11 is 5.92. The maximum Gasteiger partial charge on any atom is 0.126 e. The van der Waals surface area contributed by atoms with Crippen LogP contribution in [0.3, 0.4) is 0 Å². The molecule has 1 aliphatic heterocycles. The lowest BCUT2D eigenvalue weighted by Gasteiger charge is -2.50.